The average Bonchev–Trinajstić information content (AvgIpc) is 2.65. The lowest BCUT2D eigenvalue weighted by atomic mass is 10.2. The van der Waals surface area contributed by atoms with Crippen LogP contribution < -0.4 is 20.1 Å². The van der Waals surface area contributed by atoms with E-state index < -0.39 is 5.91 Å². The van der Waals surface area contributed by atoms with Crippen molar-refractivity contribution in [2.24, 2.45) is 0 Å². The van der Waals surface area contributed by atoms with Gasteiger partial charge in [-0.25, -0.2) is 0 Å². The van der Waals surface area contributed by atoms with E-state index >= 15 is 0 Å². The van der Waals surface area contributed by atoms with Crippen molar-refractivity contribution in [1.82, 2.24) is 10.3 Å². The Hall–Kier alpha value is -3.53. The highest BCUT2D eigenvalue weighted by atomic mass is 16.5. The van der Waals surface area contributed by atoms with Crippen LogP contribution >= 0.6 is 0 Å². The van der Waals surface area contributed by atoms with Crippen LogP contribution in [0.3, 0.4) is 0 Å². The van der Waals surface area contributed by atoms with Crippen LogP contribution in [0.2, 0.25) is 0 Å². The van der Waals surface area contributed by atoms with Crippen LogP contribution in [0.5, 0.6) is 11.5 Å². The lowest BCUT2D eigenvalue weighted by Crippen LogP contribution is -2.17. The van der Waals surface area contributed by atoms with Gasteiger partial charge in [0, 0.05) is 18.5 Å². The predicted molar refractivity (Wildman–Crippen MR) is 92.9 cm³/mol. The number of hydrogen-bond acceptors (Lipinski definition) is 6. The van der Waals surface area contributed by atoms with Gasteiger partial charge in [0.2, 0.25) is 0 Å². The summed E-state index contributed by atoms with van der Waals surface area (Å²) in [5.74, 6) is 0.474. The van der Waals surface area contributed by atoms with Crippen molar-refractivity contribution in [2.75, 3.05) is 19.5 Å². The normalized spacial score (nSPS) is 10.5. The van der Waals surface area contributed by atoms with E-state index in [1.165, 1.54) is 20.4 Å². The standard InChI is InChI=1S/C18H18N4O3/c1-24-15-6-7-17(25-2)16(9-15)22-18(23)13(10-19)11-20-12-14-5-3-4-8-21-14/h3-9,11,20H,12H2,1-2H3,(H,22,23)/b13-11-. The van der Waals surface area contributed by atoms with Gasteiger partial charge >= 0.3 is 0 Å². The highest BCUT2D eigenvalue weighted by Gasteiger charge is 2.13. The van der Waals surface area contributed by atoms with Crippen molar-refractivity contribution < 1.29 is 14.3 Å². The molecule has 2 rings (SSSR count). The van der Waals surface area contributed by atoms with Gasteiger partial charge in [-0.2, -0.15) is 5.26 Å². The van der Waals surface area contributed by atoms with Gasteiger partial charge in [0.1, 0.15) is 23.1 Å². The molecule has 2 aromatic rings. The summed E-state index contributed by atoms with van der Waals surface area (Å²) < 4.78 is 10.3. The molecule has 128 valence electrons. The maximum Gasteiger partial charge on any atom is 0.267 e. The summed E-state index contributed by atoms with van der Waals surface area (Å²) in [7, 11) is 3.02. The second-order valence-electron chi connectivity index (χ2n) is 4.89. The molecule has 0 saturated heterocycles. The maximum absolute atomic E-state index is 12.3. The van der Waals surface area contributed by atoms with E-state index in [-0.39, 0.29) is 5.57 Å². The molecule has 0 aliphatic carbocycles. The minimum atomic E-state index is -0.553. The van der Waals surface area contributed by atoms with Gasteiger partial charge < -0.3 is 20.1 Å². The topological polar surface area (TPSA) is 96.3 Å². The quantitative estimate of drug-likeness (QED) is 0.594. The second kappa shape index (κ2) is 8.93. The summed E-state index contributed by atoms with van der Waals surface area (Å²) in [5, 5.41) is 14.8. The molecule has 0 aliphatic heterocycles. The Balaban J connectivity index is 2.07. The second-order valence-corrected chi connectivity index (χ2v) is 4.89. The number of carbonyl (C=O) groups excluding carboxylic acids is 1. The number of ether oxygens (including phenoxy) is 2. The van der Waals surface area contributed by atoms with E-state index in [2.05, 4.69) is 15.6 Å². The fraction of sp³-hybridized carbons (Fsp3) is 0.167. The molecule has 7 heteroatoms. The average molecular weight is 338 g/mol. The number of nitrogens with one attached hydrogen (secondary N) is 2. The first-order valence-electron chi connectivity index (χ1n) is 7.45. The molecular formula is C18H18N4O3. The molecule has 0 radical (unpaired) electrons. The number of pyridine rings is 1. The molecule has 0 unspecified atom stereocenters. The monoisotopic (exact) mass is 338 g/mol. The van der Waals surface area contributed by atoms with Gasteiger partial charge in [-0.15, -0.1) is 0 Å². The molecule has 1 amide bonds. The van der Waals surface area contributed by atoms with Crippen LogP contribution in [0.15, 0.2) is 54.4 Å². The van der Waals surface area contributed by atoms with Crippen LogP contribution in [-0.2, 0) is 11.3 Å². The third kappa shape index (κ3) is 4.97. The molecule has 2 N–H and O–H groups in total. The summed E-state index contributed by atoms with van der Waals surface area (Å²) in [6.07, 6.45) is 3.03. The third-order valence-electron chi connectivity index (χ3n) is 3.28. The number of benzene rings is 1. The predicted octanol–water partition coefficient (Wildman–Crippen LogP) is 2.23. The van der Waals surface area contributed by atoms with Gasteiger partial charge in [-0.05, 0) is 24.3 Å². The van der Waals surface area contributed by atoms with Gasteiger partial charge in [0.25, 0.3) is 5.91 Å². The van der Waals surface area contributed by atoms with Gasteiger partial charge in [-0.3, -0.25) is 9.78 Å². The van der Waals surface area contributed by atoms with E-state index in [0.29, 0.717) is 23.7 Å². The Bertz CT molecular complexity index is 798. The molecule has 1 aromatic carbocycles. The van der Waals surface area contributed by atoms with E-state index in [0.717, 1.165) is 5.69 Å². The summed E-state index contributed by atoms with van der Waals surface area (Å²) in [4.78, 5) is 16.5. The Morgan fingerprint density at radius 1 is 1.28 bits per heavy atom. The van der Waals surface area contributed by atoms with E-state index in [1.807, 2.05) is 24.3 Å². The molecule has 0 bridgehead atoms. The molecule has 7 nitrogen and oxygen atoms in total. The Morgan fingerprint density at radius 2 is 2.12 bits per heavy atom. The molecule has 0 aliphatic rings. The SMILES string of the molecule is COc1ccc(OC)c(NC(=O)/C(C#N)=C\NCc2ccccn2)c1. The van der Waals surface area contributed by atoms with Gasteiger partial charge in [-0.1, -0.05) is 6.07 Å². The van der Waals surface area contributed by atoms with Crippen LogP contribution in [0.1, 0.15) is 5.69 Å². The minimum Gasteiger partial charge on any atom is -0.497 e. The molecular weight excluding hydrogens is 320 g/mol. The Labute approximate surface area is 145 Å². The lowest BCUT2D eigenvalue weighted by Gasteiger charge is -2.11. The zero-order valence-corrected chi connectivity index (χ0v) is 13.9. The zero-order valence-electron chi connectivity index (χ0n) is 13.9. The van der Waals surface area contributed by atoms with Crippen LogP contribution in [0.25, 0.3) is 0 Å². The summed E-state index contributed by atoms with van der Waals surface area (Å²) in [5.41, 5.74) is 1.14. The van der Waals surface area contributed by atoms with Crippen LogP contribution in [0.4, 0.5) is 5.69 Å². The smallest absolute Gasteiger partial charge is 0.267 e. The molecule has 0 spiro atoms. The van der Waals surface area contributed by atoms with Crippen molar-refractivity contribution >= 4 is 11.6 Å². The van der Waals surface area contributed by atoms with Crippen LogP contribution in [0, 0.1) is 11.3 Å². The number of methoxy groups -OCH3 is 2. The first kappa shape index (κ1) is 17.8. The Morgan fingerprint density at radius 3 is 2.76 bits per heavy atom. The summed E-state index contributed by atoms with van der Waals surface area (Å²) >= 11 is 0. The highest BCUT2D eigenvalue weighted by molar-refractivity contribution is 6.07. The first-order chi connectivity index (χ1) is 12.2. The van der Waals surface area contributed by atoms with Crippen molar-refractivity contribution in [2.45, 2.75) is 6.54 Å². The van der Waals surface area contributed by atoms with Crippen molar-refractivity contribution in [1.29, 1.82) is 5.26 Å². The molecule has 0 saturated carbocycles. The Kier molecular flexibility index (Phi) is 6.37. The van der Waals surface area contributed by atoms with Crippen LogP contribution in [-0.4, -0.2) is 25.1 Å². The third-order valence-corrected chi connectivity index (χ3v) is 3.28. The van der Waals surface area contributed by atoms with Gasteiger partial charge in [0.05, 0.1) is 32.1 Å². The van der Waals surface area contributed by atoms with E-state index in [1.54, 1.807) is 24.4 Å². The zero-order chi connectivity index (χ0) is 18.1. The van der Waals surface area contributed by atoms with E-state index in [4.69, 9.17) is 9.47 Å². The van der Waals surface area contributed by atoms with Crippen molar-refractivity contribution in [3.8, 4) is 17.6 Å². The summed E-state index contributed by atoms with van der Waals surface area (Å²) in [6, 6.07) is 12.4. The molecule has 25 heavy (non-hydrogen) atoms. The summed E-state index contributed by atoms with van der Waals surface area (Å²) in [6.45, 7) is 0.405. The van der Waals surface area contributed by atoms with E-state index in [9.17, 15) is 10.1 Å². The molecule has 0 fully saturated rings. The highest BCUT2D eigenvalue weighted by Crippen LogP contribution is 2.29. The molecule has 0 atom stereocenters. The van der Waals surface area contributed by atoms with Gasteiger partial charge in [0.15, 0.2) is 0 Å². The number of carbonyl (C=O) groups is 1. The number of amides is 1. The number of aromatic nitrogens is 1. The maximum atomic E-state index is 12.3. The largest absolute Gasteiger partial charge is 0.497 e. The fourth-order valence-electron chi connectivity index (χ4n) is 2.01. The van der Waals surface area contributed by atoms with Crippen molar-refractivity contribution in [3.63, 3.8) is 0 Å². The number of rotatable bonds is 7. The number of nitriles is 1. The number of anilines is 1. The van der Waals surface area contributed by atoms with Crippen molar-refractivity contribution in [3.05, 3.63) is 60.1 Å². The number of nitrogens with zero attached hydrogens (tertiary/aromatic N) is 2. The number of hydrogen-bond donors (Lipinski definition) is 2. The first-order valence-corrected chi connectivity index (χ1v) is 7.45. The molecule has 1 aromatic heterocycles. The minimum absolute atomic E-state index is 0.0687. The molecule has 1 heterocycles. The lowest BCUT2D eigenvalue weighted by molar-refractivity contribution is -0.112. The fourth-order valence-corrected chi connectivity index (χ4v) is 2.01.